The highest BCUT2D eigenvalue weighted by Crippen LogP contribution is 2.19. The lowest BCUT2D eigenvalue weighted by Gasteiger charge is -2.10. The number of hydrogen-bond donors (Lipinski definition) is 2. The van der Waals surface area contributed by atoms with E-state index in [0.717, 1.165) is 35.9 Å². The molecule has 1 fully saturated rings. The van der Waals surface area contributed by atoms with Gasteiger partial charge in [0, 0.05) is 25.0 Å². The maximum Gasteiger partial charge on any atom is 0.263 e. The van der Waals surface area contributed by atoms with Gasteiger partial charge in [-0.05, 0) is 35.7 Å². The number of ether oxygens (including phenoxy) is 1. The topological polar surface area (TPSA) is 74.2 Å². The lowest BCUT2D eigenvalue weighted by atomic mass is 10.1. The molecule has 0 aliphatic carbocycles. The summed E-state index contributed by atoms with van der Waals surface area (Å²) in [5.41, 5.74) is 0.870. The van der Waals surface area contributed by atoms with E-state index in [0.29, 0.717) is 6.54 Å². The smallest absolute Gasteiger partial charge is 0.263 e. The Kier molecular flexibility index (Phi) is 5.09. The maximum absolute atomic E-state index is 12.1. The van der Waals surface area contributed by atoms with Crippen molar-refractivity contribution in [2.75, 3.05) is 18.5 Å². The maximum atomic E-state index is 12.1. The average molecular weight is 321 g/mol. The standard InChI is InChI=1S/C19H19N3O2/c20-11-16(19(23)22-13-18-6-3-9-24-18)12-21-17-8-7-14-4-1-2-5-15(14)10-17/h1-2,4-5,7-8,10,12,18,21H,3,6,9,13H2,(H,22,23)/b16-12-. The van der Waals surface area contributed by atoms with Crippen molar-refractivity contribution in [2.45, 2.75) is 18.9 Å². The molecule has 3 rings (SSSR count). The molecule has 2 aromatic rings. The summed E-state index contributed by atoms with van der Waals surface area (Å²) in [5.74, 6) is -0.388. The van der Waals surface area contributed by atoms with E-state index in [1.165, 1.54) is 6.20 Å². The average Bonchev–Trinajstić information content (AvgIpc) is 3.14. The van der Waals surface area contributed by atoms with E-state index in [4.69, 9.17) is 4.74 Å². The Morgan fingerprint density at radius 1 is 1.29 bits per heavy atom. The second-order valence-corrected chi connectivity index (χ2v) is 5.72. The van der Waals surface area contributed by atoms with Crippen LogP contribution in [0.4, 0.5) is 5.69 Å². The summed E-state index contributed by atoms with van der Waals surface area (Å²) in [6, 6.07) is 15.8. The number of fused-ring (bicyclic) bond motifs is 1. The van der Waals surface area contributed by atoms with E-state index < -0.39 is 0 Å². The SMILES string of the molecule is N#C/C(=C/Nc1ccc2ccccc2c1)C(=O)NCC1CCCO1. The van der Waals surface area contributed by atoms with Gasteiger partial charge in [0.1, 0.15) is 11.6 Å². The molecular weight excluding hydrogens is 302 g/mol. The lowest BCUT2D eigenvalue weighted by molar-refractivity contribution is -0.117. The highest BCUT2D eigenvalue weighted by atomic mass is 16.5. The minimum Gasteiger partial charge on any atom is -0.376 e. The van der Waals surface area contributed by atoms with Crippen molar-refractivity contribution in [3.05, 3.63) is 54.2 Å². The largest absolute Gasteiger partial charge is 0.376 e. The predicted molar refractivity (Wildman–Crippen MR) is 93.3 cm³/mol. The second-order valence-electron chi connectivity index (χ2n) is 5.72. The van der Waals surface area contributed by atoms with Gasteiger partial charge in [-0.3, -0.25) is 4.79 Å². The molecule has 122 valence electrons. The fourth-order valence-electron chi connectivity index (χ4n) is 2.69. The van der Waals surface area contributed by atoms with E-state index in [9.17, 15) is 10.1 Å². The number of amides is 1. The molecule has 1 saturated heterocycles. The number of benzene rings is 2. The molecule has 0 radical (unpaired) electrons. The van der Waals surface area contributed by atoms with E-state index in [1.54, 1.807) is 0 Å². The monoisotopic (exact) mass is 321 g/mol. The fourth-order valence-corrected chi connectivity index (χ4v) is 2.69. The Morgan fingerprint density at radius 2 is 2.12 bits per heavy atom. The van der Waals surface area contributed by atoms with Crippen LogP contribution in [0, 0.1) is 11.3 Å². The van der Waals surface area contributed by atoms with Gasteiger partial charge in [-0.1, -0.05) is 30.3 Å². The summed E-state index contributed by atoms with van der Waals surface area (Å²) in [6.45, 7) is 1.18. The fraction of sp³-hybridized carbons (Fsp3) is 0.263. The third kappa shape index (κ3) is 3.92. The molecule has 2 aromatic carbocycles. The molecule has 1 aliphatic heterocycles. The molecule has 0 aromatic heterocycles. The first-order valence-corrected chi connectivity index (χ1v) is 8.01. The number of carbonyl (C=O) groups is 1. The zero-order valence-electron chi connectivity index (χ0n) is 13.3. The molecule has 0 saturated carbocycles. The van der Waals surface area contributed by atoms with Crippen LogP contribution in [0.15, 0.2) is 54.2 Å². The number of hydrogen-bond acceptors (Lipinski definition) is 4. The highest BCUT2D eigenvalue weighted by Gasteiger charge is 2.17. The normalized spacial score (nSPS) is 17.5. The van der Waals surface area contributed by atoms with Crippen LogP contribution < -0.4 is 10.6 Å². The number of anilines is 1. The molecular formula is C19H19N3O2. The quantitative estimate of drug-likeness (QED) is 0.656. The van der Waals surface area contributed by atoms with Crippen molar-refractivity contribution in [3.63, 3.8) is 0 Å². The van der Waals surface area contributed by atoms with Crippen LogP contribution in [-0.2, 0) is 9.53 Å². The number of nitrogens with one attached hydrogen (secondary N) is 2. The minimum absolute atomic E-state index is 0.0427. The Bertz CT molecular complexity index is 802. The zero-order valence-corrected chi connectivity index (χ0v) is 13.3. The van der Waals surface area contributed by atoms with Gasteiger partial charge in [-0.2, -0.15) is 5.26 Å². The third-order valence-corrected chi connectivity index (χ3v) is 4.01. The van der Waals surface area contributed by atoms with Crippen molar-refractivity contribution < 1.29 is 9.53 Å². The molecule has 5 heteroatoms. The summed E-state index contributed by atoms with van der Waals surface area (Å²) in [4.78, 5) is 12.1. The van der Waals surface area contributed by atoms with Crippen LogP contribution in [0.5, 0.6) is 0 Å². The number of nitrogens with zero attached hydrogens (tertiary/aromatic N) is 1. The van der Waals surface area contributed by atoms with E-state index in [2.05, 4.69) is 10.6 Å². The summed E-state index contributed by atoms with van der Waals surface area (Å²) in [5, 5.41) is 17.2. The van der Waals surface area contributed by atoms with Crippen molar-refractivity contribution in [1.82, 2.24) is 5.32 Å². The summed E-state index contributed by atoms with van der Waals surface area (Å²) >= 11 is 0. The first-order valence-electron chi connectivity index (χ1n) is 8.01. The molecule has 24 heavy (non-hydrogen) atoms. The van der Waals surface area contributed by atoms with Gasteiger partial charge < -0.3 is 15.4 Å². The first kappa shape index (κ1) is 16.0. The molecule has 1 heterocycles. The Morgan fingerprint density at radius 3 is 2.88 bits per heavy atom. The van der Waals surface area contributed by atoms with Gasteiger partial charge in [-0.25, -0.2) is 0 Å². The van der Waals surface area contributed by atoms with Gasteiger partial charge in [0.15, 0.2) is 0 Å². The van der Waals surface area contributed by atoms with E-state index >= 15 is 0 Å². The van der Waals surface area contributed by atoms with Crippen molar-refractivity contribution in [2.24, 2.45) is 0 Å². The van der Waals surface area contributed by atoms with Gasteiger partial charge in [0.25, 0.3) is 5.91 Å². The predicted octanol–water partition coefficient (Wildman–Crippen LogP) is 2.95. The third-order valence-electron chi connectivity index (χ3n) is 4.01. The first-order chi connectivity index (χ1) is 11.8. The lowest BCUT2D eigenvalue weighted by Crippen LogP contribution is -2.32. The number of rotatable bonds is 5. The van der Waals surface area contributed by atoms with Crippen molar-refractivity contribution >= 4 is 22.4 Å². The van der Waals surface area contributed by atoms with Crippen LogP contribution in [-0.4, -0.2) is 25.2 Å². The van der Waals surface area contributed by atoms with Crippen LogP contribution in [0.25, 0.3) is 10.8 Å². The summed E-state index contributed by atoms with van der Waals surface area (Å²) in [7, 11) is 0. The molecule has 1 aliphatic rings. The minimum atomic E-state index is -0.388. The molecule has 1 atom stereocenters. The molecule has 1 amide bonds. The number of carbonyl (C=O) groups excluding carboxylic acids is 1. The summed E-state index contributed by atoms with van der Waals surface area (Å²) < 4.78 is 5.45. The van der Waals surface area contributed by atoms with Crippen molar-refractivity contribution in [3.8, 4) is 6.07 Å². The van der Waals surface area contributed by atoms with Gasteiger partial charge in [-0.15, -0.1) is 0 Å². The Labute approximate surface area is 140 Å². The molecule has 1 unspecified atom stereocenters. The second kappa shape index (κ2) is 7.62. The van der Waals surface area contributed by atoms with Crippen molar-refractivity contribution in [1.29, 1.82) is 5.26 Å². The van der Waals surface area contributed by atoms with E-state index in [-0.39, 0.29) is 17.6 Å². The summed E-state index contributed by atoms with van der Waals surface area (Å²) in [6.07, 6.45) is 3.46. The molecule has 0 bridgehead atoms. The van der Waals surface area contributed by atoms with Crippen LogP contribution in [0.2, 0.25) is 0 Å². The molecule has 0 spiro atoms. The highest BCUT2D eigenvalue weighted by molar-refractivity contribution is 5.97. The molecule has 5 nitrogen and oxygen atoms in total. The van der Waals surface area contributed by atoms with Gasteiger partial charge >= 0.3 is 0 Å². The Balaban J connectivity index is 1.63. The number of nitriles is 1. The van der Waals surface area contributed by atoms with Crippen LogP contribution in [0.3, 0.4) is 0 Å². The molecule has 2 N–H and O–H groups in total. The Hall–Kier alpha value is -2.84. The van der Waals surface area contributed by atoms with Crippen LogP contribution in [0.1, 0.15) is 12.8 Å². The van der Waals surface area contributed by atoms with E-state index in [1.807, 2.05) is 48.5 Å². The van der Waals surface area contributed by atoms with Crippen LogP contribution >= 0.6 is 0 Å². The van der Waals surface area contributed by atoms with Gasteiger partial charge in [0.2, 0.25) is 0 Å². The zero-order chi connectivity index (χ0) is 16.8. The van der Waals surface area contributed by atoms with Gasteiger partial charge in [0.05, 0.1) is 6.10 Å².